The highest BCUT2D eigenvalue weighted by molar-refractivity contribution is 6.11. The van der Waals surface area contributed by atoms with Crippen LogP contribution in [0, 0.1) is 0 Å². The Balaban J connectivity index is 0.872. The summed E-state index contributed by atoms with van der Waals surface area (Å²) in [6.45, 7) is 2.42. The van der Waals surface area contributed by atoms with Crippen molar-refractivity contribution in [3.63, 3.8) is 0 Å². The van der Waals surface area contributed by atoms with E-state index in [9.17, 15) is 0 Å². The number of benzene rings is 9. The van der Waals surface area contributed by atoms with Crippen molar-refractivity contribution in [2.24, 2.45) is 0 Å². The van der Waals surface area contributed by atoms with Crippen molar-refractivity contribution in [3.8, 4) is 44.8 Å². The van der Waals surface area contributed by atoms with E-state index in [1.54, 1.807) is 0 Å². The molecule has 13 rings (SSSR count). The third-order valence-corrected chi connectivity index (χ3v) is 14.6. The van der Waals surface area contributed by atoms with Crippen molar-refractivity contribution < 1.29 is 0 Å². The van der Waals surface area contributed by atoms with Gasteiger partial charge in [-0.05, 0) is 159 Å². The van der Waals surface area contributed by atoms with Gasteiger partial charge in [-0.2, -0.15) is 0 Å². The number of nitrogens with zero attached hydrogens (tertiary/aromatic N) is 2. The molecule has 0 fully saturated rings. The molecule has 2 aliphatic rings. The summed E-state index contributed by atoms with van der Waals surface area (Å²) in [4.78, 5) is 0. The summed E-state index contributed by atoms with van der Waals surface area (Å²) in [6, 6.07) is 77.2. The molecule has 2 aromatic heterocycles. The van der Waals surface area contributed by atoms with Crippen LogP contribution in [0.1, 0.15) is 60.3 Å². The third kappa shape index (κ3) is 6.31. The Kier molecular flexibility index (Phi) is 9.13. The molecule has 0 saturated carbocycles. The summed E-state index contributed by atoms with van der Waals surface area (Å²) in [5.41, 5.74) is 21.9. The van der Waals surface area contributed by atoms with Gasteiger partial charge < -0.3 is 9.13 Å². The lowest BCUT2D eigenvalue weighted by Crippen LogP contribution is -2.03. The van der Waals surface area contributed by atoms with Crippen molar-refractivity contribution >= 4 is 49.2 Å². The van der Waals surface area contributed by atoms with Gasteiger partial charge in [-0.1, -0.05) is 159 Å². The van der Waals surface area contributed by atoms with Crippen LogP contribution in [0.25, 0.3) is 93.9 Å². The first-order valence-electron chi connectivity index (χ1n) is 23.6. The molecule has 11 aromatic rings. The second kappa shape index (κ2) is 15.6. The molecule has 0 aliphatic heterocycles. The molecular weight excluding hydrogens is 797 g/mol. The van der Waals surface area contributed by atoms with E-state index in [1.165, 1.54) is 116 Å². The van der Waals surface area contributed by atoms with Gasteiger partial charge in [0.15, 0.2) is 0 Å². The van der Waals surface area contributed by atoms with Crippen LogP contribution in [0.2, 0.25) is 0 Å². The van der Waals surface area contributed by atoms with Gasteiger partial charge in [0.1, 0.15) is 0 Å². The van der Waals surface area contributed by atoms with Crippen LogP contribution in [0.15, 0.2) is 224 Å². The predicted molar refractivity (Wildman–Crippen MR) is 279 cm³/mol. The second-order valence-corrected chi connectivity index (χ2v) is 18.4. The Bertz CT molecular complexity index is 3750. The summed E-state index contributed by atoms with van der Waals surface area (Å²) < 4.78 is 4.89. The molecule has 2 nitrogen and oxygen atoms in total. The fourth-order valence-corrected chi connectivity index (χ4v) is 11.4. The molecule has 0 amide bonds. The van der Waals surface area contributed by atoms with Crippen LogP contribution in [-0.4, -0.2) is 9.13 Å². The van der Waals surface area contributed by atoms with Gasteiger partial charge >= 0.3 is 0 Å². The van der Waals surface area contributed by atoms with E-state index in [2.05, 4.69) is 241 Å². The van der Waals surface area contributed by atoms with Crippen molar-refractivity contribution in [1.29, 1.82) is 0 Å². The molecular formula is C64H48N2. The monoisotopic (exact) mass is 844 g/mol. The molecule has 2 atom stereocenters. The van der Waals surface area contributed by atoms with E-state index in [0.717, 1.165) is 19.3 Å². The summed E-state index contributed by atoms with van der Waals surface area (Å²) in [6.07, 6.45) is 9.93. The minimum atomic E-state index is 0.319. The first-order valence-corrected chi connectivity index (χ1v) is 23.6. The smallest absolute Gasteiger partial charge is 0.0541 e. The highest BCUT2D eigenvalue weighted by atomic mass is 15.0. The van der Waals surface area contributed by atoms with E-state index in [1.807, 2.05) is 0 Å². The van der Waals surface area contributed by atoms with E-state index >= 15 is 0 Å². The van der Waals surface area contributed by atoms with Gasteiger partial charge in [-0.25, -0.2) is 0 Å². The van der Waals surface area contributed by atoms with Gasteiger partial charge in [0.05, 0.1) is 22.1 Å². The standard InChI is InChI=1S/C64H48N2/c1-42(45-30-33-63-59(39-45)55-25-13-15-27-61(55)65(63)50-21-9-4-10-22-50)35-57-52-23-11-12-24-53(52)58-40-46(29-32-54(57)58)47-31-34-64-60(41-47)56-26-14-16-28-62(56)66(64)51-37-48(43-17-5-2-6-18-43)36-49(38-51)44-19-7-3-8-20-44/h2-7,9-19,21-34,36-42,57H,8,20,35H2,1H3. The molecule has 314 valence electrons. The van der Waals surface area contributed by atoms with Gasteiger partial charge in [0.2, 0.25) is 0 Å². The lowest BCUT2D eigenvalue weighted by atomic mass is 9.84. The summed E-state index contributed by atoms with van der Waals surface area (Å²) >= 11 is 0. The number of para-hydroxylation sites is 3. The van der Waals surface area contributed by atoms with Crippen LogP contribution in [0.3, 0.4) is 0 Å². The molecule has 2 heterocycles. The summed E-state index contributed by atoms with van der Waals surface area (Å²) in [5, 5.41) is 5.15. The lowest BCUT2D eigenvalue weighted by Gasteiger charge is -2.20. The SMILES string of the molecule is CC(CC1c2ccccc2-c2cc(-c3ccc4c(c3)c3ccccc3n4-c3cc(C4=CC=CCC4)cc(-c4ccccc4)c3)ccc21)c1ccc2c(c1)c1ccccc1n2-c1ccccc1. The molecule has 2 heteroatoms. The Labute approximate surface area is 386 Å². The number of fused-ring (bicyclic) bond motifs is 9. The molecule has 0 radical (unpaired) electrons. The zero-order valence-corrected chi connectivity index (χ0v) is 37.0. The van der Waals surface area contributed by atoms with Gasteiger partial charge in [0, 0.05) is 38.8 Å². The molecule has 9 aromatic carbocycles. The number of hydrogen-bond donors (Lipinski definition) is 0. The van der Waals surface area contributed by atoms with Gasteiger partial charge in [0.25, 0.3) is 0 Å². The fraction of sp³-hybridized carbons (Fsp3) is 0.0938. The number of hydrogen-bond acceptors (Lipinski definition) is 0. The van der Waals surface area contributed by atoms with Crippen LogP contribution in [0.5, 0.6) is 0 Å². The Morgan fingerprint density at radius 1 is 0.439 bits per heavy atom. The molecule has 0 N–H and O–H groups in total. The number of aromatic nitrogens is 2. The van der Waals surface area contributed by atoms with E-state index in [4.69, 9.17) is 0 Å². The Morgan fingerprint density at radius 3 is 1.82 bits per heavy atom. The van der Waals surface area contributed by atoms with Gasteiger partial charge in [-0.3, -0.25) is 0 Å². The molecule has 2 unspecified atom stereocenters. The highest BCUT2D eigenvalue weighted by Crippen LogP contribution is 2.50. The average molecular weight is 845 g/mol. The second-order valence-electron chi connectivity index (χ2n) is 18.4. The molecule has 66 heavy (non-hydrogen) atoms. The van der Waals surface area contributed by atoms with E-state index in [-0.39, 0.29) is 0 Å². The first kappa shape index (κ1) is 38.5. The van der Waals surface area contributed by atoms with Crippen LogP contribution in [-0.2, 0) is 0 Å². The maximum atomic E-state index is 2.48. The zero-order valence-electron chi connectivity index (χ0n) is 37.0. The van der Waals surface area contributed by atoms with Crippen molar-refractivity contribution in [2.75, 3.05) is 0 Å². The molecule has 2 aliphatic carbocycles. The van der Waals surface area contributed by atoms with Crippen molar-refractivity contribution in [3.05, 3.63) is 247 Å². The van der Waals surface area contributed by atoms with E-state index in [0.29, 0.717) is 11.8 Å². The summed E-state index contributed by atoms with van der Waals surface area (Å²) in [7, 11) is 0. The molecule has 0 bridgehead atoms. The minimum absolute atomic E-state index is 0.319. The average Bonchev–Trinajstić information content (AvgIpc) is 4.02. The first-order chi connectivity index (χ1) is 32.6. The quantitative estimate of drug-likeness (QED) is 0.144. The lowest BCUT2D eigenvalue weighted by molar-refractivity contribution is 0.625. The molecule has 0 saturated heterocycles. The van der Waals surface area contributed by atoms with Crippen molar-refractivity contribution in [2.45, 2.75) is 38.0 Å². The van der Waals surface area contributed by atoms with E-state index < -0.39 is 0 Å². The Morgan fingerprint density at radius 2 is 1.05 bits per heavy atom. The maximum absolute atomic E-state index is 2.48. The van der Waals surface area contributed by atoms with Gasteiger partial charge in [-0.15, -0.1) is 0 Å². The van der Waals surface area contributed by atoms with Crippen LogP contribution in [0.4, 0.5) is 0 Å². The zero-order chi connectivity index (χ0) is 43.7. The fourth-order valence-electron chi connectivity index (χ4n) is 11.4. The minimum Gasteiger partial charge on any atom is -0.309 e. The van der Waals surface area contributed by atoms with Crippen molar-refractivity contribution in [1.82, 2.24) is 9.13 Å². The highest BCUT2D eigenvalue weighted by Gasteiger charge is 2.31. The topological polar surface area (TPSA) is 9.86 Å². The third-order valence-electron chi connectivity index (χ3n) is 14.6. The summed E-state index contributed by atoms with van der Waals surface area (Å²) in [5.74, 6) is 0.677. The van der Waals surface area contributed by atoms with Crippen LogP contribution >= 0.6 is 0 Å². The van der Waals surface area contributed by atoms with Crippen LogP contribution < -0.4 is 0 Å². The normalized spacial score (nSPS) is 14.8. The largest absolute Gasteiger partial charge is 0.309 e. The maximum Gasteiger partial charge on any atom is 0.0541 e. The number of allylic oxidation sites excluding steroid dienone is 4. The molecule has 0 spiro atoms. The predicted octanol–water partition coefficient (Wildman–Crippen LogP) is 17.3. The number of rotatable bonds is 8. The Hall–Kier alpha value is -7.94.